The molecular formula is C22H16N4O5. The van der Waals surface area contributed by atoms with E-state index >= 15 is 0 Å². The first kappa shape index (κ1) is 18.7. The van der Waals surface area contributed by atoms with Crippen LogP contribution in [0.3, 0.4) is 0 Å². The van der Waals surface area contributed by atoms with Crippen LogP contribution >= 0.6 is 0 Å². The zero-order valence-electron chi connectivity index (χ0n) is 16.7. The fourth-order valence-electron chi connectivity index (χ4n) is 3.56. The Morgan fingerprint density at radius 1 is 1.06 bits per heavy atom. The molecule has 5 aromatic rings. The smallest absolute Gasteiger partial charge is 0.374 e. The molecule has 0 fully saturated rings. The molecule has 9 heteroatoms. The van der Waals surface area contributed by atoms with Crippen molar-refractivity contribution in [2.45, 2.75) is 13.5 Å². The summed E-state index contributed by atoms with van der Waals surface area (Å²) in [4.78, 5) is 37.4. The van der Waals surface area contributed by atoms with E-state index in [0.29, 0.717) is 33.5 Å². The van der Waals surface area contributed by atoms with Crippen LogP contribution in [0.1, 0.15) is 21.9 Å². The lowest BCUT2D eigenvalue weighted by Crippen LogP contribution is -2.20. The predicted octanol–water partition coefficient (Wildman–Crippen LogP) is 2.35. The first-order valence-corrected chi connectivity index (χ1v) is 9.47. The van der Waals surface area contributed by atoms with Crippen LogP contribution in [0, 0.1) is 6.92 Å². The number of hydrogen-bond donors (Lipinski definition) is 0. The van der Waals surface area contributed by atoms with Crippen LogP contribution < -0.4 is 11.0 Å². The predicted molar refractivity (Wildman–Crippen MR) is 112 cm³/mol. The highest BCUT2D eigenvalue weighted by Crippen LogP contribution is 2.17. The Kier molecular flexibility index (Phi) is 4.18. The maximum Gasteiger partial charge on any atom is 0.374 e. The topological polar surface area (TPSA) is 109 Å². The molecule has 2 aromatic carbocycles. The van der Waals surface area contributed by atoms with Crippen molar-refractivity contribution in [3.05, 3.63) is 86.3 Å². The van der Waals surface area contributed by atoms with Gasteiger partial charge >= 0.3 is 5.97 Å². The minimum Gasteiger partial charge on any atom is -0.452 e. The van der Waals surface area contributed by atoms with Crippen LogP contribution in [0.4, 0.5) is 0 Å². The number of esters is 1. The van der Waals surface area contributed by atoms with Crippen LogP contribution in [0.25, 0.3) is 27.6 Å². The van der Waals surface area contributed by atoms with Crippen molar-refractivity contribution >= 4 is 33.6 Å². The van der Waals surface area contributed by atoms with Crippen molar-refractivity contribution in [2.24, 2.45) is 7.05 Å². The molecule has 0 aliphatic rings. The Bertz CT molecular complexity index is 1630. The molecule has 0 N–H and O–H groups in total. The summed E-state index contributed by atoms with van der Waals surface area (Å²) in [5.41, 5.74) is 1.32. The first-order valence-electron chi connectivity index (χ1n) is 9.47. The second kappa shape index (κ2) is 6.91. The number of ether oxygens (including phenoxy) is 1. The number of hydrogen-bond acceptors (Lipinski definition) is 7. The minimum absolute atomic E-state index is 0.194. The molecule has 0 saturated carbocycles. The van der Waals surface area contributed by atoms with Crippen molar-refractivity contribution in [3.63, 3.8) is 0 Å². The number of rotatable bonds is 3. The zero-order chi connectivity index (χ0) is 21.7. The van der Waals surface area contributed by atoms with E-state index in [9.17, 15) is 14.4 Å². The number of aromatic nitrogens is 4. The second-order valence-corrected chi connectivity index (χ2v) is 7.18. The Morgan fingerprint density at radius 2 is 1.87 bits per heavy atom. The second-order valence-electron chi connectivity index (χ2n) is 7.18. The maximum absolute atomic E-state index is 12.6. The molecule has 0 amide bonds. The van der Waals surface area contributed by atoms with Gasteiger partial charge in [-0.3, -0.25) is 18.6 Å². The number of carbonyl (C=O) groups excluding carboxylic acids is 1. The molecule has 3 heterocycles. The van der Waals surface area contributed by atoms with E-state index in [-0.39, 0.29) is 23.4 Å². The minimum atomic E-state index is -0.801. The molecule has 154 valence electrons. The summed E-state index contributed by atoms with van der Waals surface area (Å²) in [5, 5.41) is 9.04. The van der Waals surface area contributed by atoms with E-state index in [1.165, 1.54) is 4.57 Å². The summed E-state index contributed by atoms with van der Waals surface area (Å²) in [5.74, 6) is -0.351. The van der Waals surface area contributed by atoms with E-state index in [2.05, 4.69) is 10.2 Å². The molecule has 0 saturated heterocycles. The summed E-state index contributed by atoms with van der Waals surface area (Å²) in [7, 11) is 1.60. The highest BCUT2D eigenvalue weighted by Gasteiger charge is 2.18. The molecule has 9 nitrogen and oxygen atoms in total. The Hall–Kier alpha value is -4.27. The van der Waals surface area contributed by atoms with Gasteiger partial charge in [0.25, 0.3) is 5.56 Å². The van der Waals surface area contributed by atoms with Crippen molar-refractivity contribution in [1.82, 2.24) is 19.2 Å². The Labute approximate surface area is 174 Å². The van der Waals surface area contributed by atoms with E-state index in [4.69, 9.17) is 9.15 Å². The molecule has 0 spiro atoms. The first-order chi connectivity index (χ1) is 14.9. The lowest BCUT2D eigenvalue weighted by molar-refractivity contribution is 0.0425. The van der Waals surface area contributed by atoms with E-state index in [1.54, 1.807) is 47.8 Å². The average molecular weight is 416 g/mol. The van der Waals surface area contributed by atoms with Gasteiger partial charge in [-0.15, -0.1) is 10.2 Å². The quantitative estimate of drug-likeness (QED) is 0.415. The van der Waals surface area contributed by atoms with Crippen LogP contribution in [0.15, 0.2) is 62.5 Å². The van der Waals surface area contributed by atoms with Gasteiger partial charge in [0.15, 0.2) is 17.9 Å². The highest BCUT2D eigenvalue weighted by atomic mass is 16.5. The fraction of sp³-hybridized carbons (Fsp3) is 0.136. The summed E-state index contributed by atoms with van der Waals surface area (Å²) < 4.78 is 13.9. The van der Waals surface area contributed by atoms with Crippen molar-refractivity contribution in [2.75, 3.05) is 0 Å². The SMILES string of the molecule is Cc1ccc2c(c1)c(=O)n(C)c1nnc(COC(=O)c3cc(=O)c4ccccc4o3)n21. The van der Waals surface area contributed by atoms with Gasteiger partial charge < -0.3 is 9.15 Å². The molecule has 31 heavy (non-hydrogen) atoms. The van der Waals surface area contributed by atoms with Gasteiger partial charge in [0, 0.05) is 13.1 Å². The van der Waals surface area contributed by atoms with E-state index in [0.717, 1.165) is 11.6 Å². The molecule has 0 radical (unpaired) electrons. The molecule has 5 rings (SSSR count). The van der Waals surface area contributed by atoms with Crippen molar-refractivity contribution in [3.8, 4) is 0 Å². The number of carbonyl (C=O) groups is 1. The Morgan fingerprint density at radius 3 is 2.71 bits per heavy atom. The summed E-state index contributed by atoms with van der Waals surface area (Å²) in [6, 6.07) is 13.2. The van der Waals surface area contributed by atoms with E-state index in [1.807, 2.05) is 13.0 Å². The number of aryl methyl sites for hydroxylation is 2. The third kappa shape index (κ3) is 2.98. The Balaban J connectivity index is 1.53. The molecule has 0 bridgehead atoms. The number of para-hydroxylation sites is 1. The highest BCUT2D eigenvalue weighted by molar-refractivity contribution is 5.89. The third-order valence-corrected chi connectivity index (χ3v) is 5.11. The van der Waals surface area contributed by atoms with Gasteiger partial charge in [-0.05, 0) is 31.2 Å². The zero-order valence-corrected chi connectivity index (χ0v) is 16.7. The summed E-state index contributed by atoms with van der Waals surface area (Å²) in [6.45, 7) is 1.67. The number of fused-ring (bicyclic) bond motifs is 4. The van der Waals surface area contributed by atoms with Gasteiger partial charge in [0.2, 0.25) is 11.5 Å². The van der Waals surface area contributed by atoms with Crippen molar-refractivity contribution < 1.29 is 13.9 Å². The van der Waals surface area contributed by atoms with Crippen LogP contribution in [-0.4, -0.2) is 25.1 Å². The molecule has 3 aromatic heterocycles. The fourth-order valence-corrected chi connectivity index (χ4v) is 3.56. The third-order valence-electron chi connectivity index (χ3n) is 5.11. The number of nitrogens with zero attached hydrogens (tertiary/aromatic N) is 4. The number of benzene rings is 2. The lowest BCUT2D eigenvalue weighted by atomic mass is 10.1. The van der Waals surface area contributed by atoms with Crippen LogP contribution in [0.2, 0.25) is 0 Å². The van der Waals surface area contributed by atoms with E-state index < -0.39 is 5.97 Å². The van der Waals surface area contributed by atoms with Gasteiger partial charge in [-0.2, -0.15) is 0 Å². The largest absolute Gasteiger partial charge is 0.452 e. The molecule has 0 aliphatic heterocycles. The standard InChI is InChI=1S/C22H16N4O5/c1-12-7-8-15-14(9-12)20(28)25(2)22-24-23-19(26(15)22)11-30-21(29)18-10-16(27)13-5-3-4-6-17(13)31-18/h3-10H,11H2,1-2H3. The normalized spacial score (nSPS) is 11.4. The van der Waals surface area contributed by atoms with Gasteiger partial charge in [-0.25, -0.2) is 4.79 Å². The monoisotopic (exact) mass is 416 g/mol. The van der Waals surface area contributed by atoms with Gasteiger partial charge in [0.1, 0.15) is 5.58 Å². The average Bonchev–Trinajstić information content (AvgIpc) is 3.20. The lowest BCUT2D eigenvalue weighted by Gasteiger charge is -2.09. The maximum atomic E-state index is 12.6. The van der Waals surface area contributed by atoms with Crippen LogP contribution in [-0.2, 0) is 18.4 Å². The van der Waals surface area contributed by atoms with Gasteiger partial charge in [0.05, 0.1) is 16.3 Å². The molecule has 0 aliphatic carbocycles. The van der Waals surface area contributed by atoms with Gasteiger partial charge in [-0.1, -0.05) is 23.8 Å². The van der Waals surface area contributed by atoms with Crippen LogP contribution in [0.5, 0.6) is 0 Å². The molecular weight excluding hydrogens is 400 g/mol. The molecule has 0 unspecified atom stereocenters. The molecule has 0 atom stereocenters. The summed E-state index contributed by atoms with van der Waals surface area (Å²) in [6.07, 6.45) is 0. The summed E-state index contributed by atoms with van der Waals surface area (Å²) >= 11 is 0. The van der Waals surface area contributed by atoms with Crippen molar-refractivity contribution in [1.29, 1.82) is 0 Å².